The number of nitrogen functional groups attached to an aromatic ring is 1. The van der Waals surface area contributed by atoms with Gasteiger partial charge in [-0.2, -0.15) is 0 Å². The SMILES string of the molecule is CN1CCC(CCNc2cc(C(=O)O)c(N)cc2F)CC1. The molecule has 0 saturated carbocycles. The summed E-state index contributed by atoms with van der Waals surface area (Å²) in [7, 11) is 2.12. The second kappa shape index (κ2) is 6.76. The van der Waals surface area contributed by atoms with Gasteiger partial charge in [0.25, 0.3) is 0 Å². The second-order valence-electron chi connectivity index (χ2n) is 5.69. The number of piperidine rings is 1. The lowest BCUT2D eigenvalue weighted by Gasteiger charge is -2.29. The van der Waals surface area contributed by atoms with Gasteiger partial charge in [0.1, 0.15) is 5.82 Å². The van der Waals surface area contributed by atoms with Crippen molar-refractivity contribution in [1.29, 1.82) is 0 Å². The standard InChI is InChI=1S/C15H22FN3O2/c1-19-6-3-10(4-7-19)2-5-18-14-8-11(15(20)21)13(17)9-12(14)16/h8-10,18H,2-7,17H2,1H3,(H,20,21). The minimum atomic E-state index is -1.15. The second-order valence-corrected chi connectivity index (χ2v) is 5.69. The van der Waals surface area contributed by atoms with Crippen molar-refractivity contribution in [3.63, 3.8) is 0 Å². The fourth-order valence-electron chi connectivity index (χ4n) is 2.67. The number of hydrogen-bond donors (Lipinski definition) is 3. The van der Waals surface area contributed by atoms with Gasteiger partial charge in [-0.3, -0.25) is 0 Å². The molecule has 1 heterocycles. The number of likely N-dealkylation sites (tertiary alicyclic amines) is 1. The first-order chi connectivity index (χ1) is 9.97. The van der Waals surface area contributed by atoms with Crippen molar-refractivity contribution in [1.82, 2.24) is 4.90 Å². The van der Waals surface area contributed by atoms with Crippen molar-refractivity contribution < 1.29 is 14.3 Å². The van der Waals surface area contributed by atoms with Crippen molar-refractivity contribution >= 4 is 17.3 Å². The van der Waals surface area contributed by atoms with Gasteiger partial charge in [-0.25, -0.2) is 9.18 Å². The van der Waals surface area contributed by atoms with E-state index in [1.165, 1.54) is 6.07 Å². The molecule has 0 bridgehead atoms. The van der Waals surface area contributed by atoms with E-state index in [1.54, 1.807) is 0 Å². The zero-order valence-electron chi connectivity index (χ0n) is 12.2. The van der Waals surface area contributed by atoms with E-state index in [4.69, 9.17) is 10.8 Å². The topological polar surface area (TPSA) is 78.6 Å². The lowest BCUT2D eigenvalue weighted by molar-refractivity contribution is 0.0698. The summed E-state index contributed by atoms with van der Waals surface area (Å²) >= 11 is 0. The predicted octanol–water partition coefficient (Wildman–Crippen LogP) is 2.25. The van der Waals surface area contributed by atoms with E-state index in [9.17, 15) is 9.18 Å². The summed E-state index contributed by atoms with van der Waals surface area (Å²) in [5, 5.41) is 12.0. The fourth-order valence-corrected chi connectivity index (χ4v) is 2.67. The van der Waals surface area contributed by atoms with Gasteiger partial charge in [-0.15, -0.1) is 0 Å². The molecule has 2 rings (SSSR count). The molecular formula is C15H22FN3O2. The van der Waals surface area contributed by atoms with Gasteiger partial charge in [-0.05, 0) is 57.5 Å². The summed E-state index contributed by atoms with van der Waals surface area (Å²) in [6, 6.07) is 2.32. The summed E-state index contributed by atoms with van der Waals surface area (Å²) < 4.78 is 13.8. The van der Waals surface area contributed by atoms with Gasteiger partial charge < -0.3 is 21.1 Å². The Morgan fingerprint density at radius 2 is 2.14 bits per heavy atom. The van der Waals surface area contributed by atoms with Gasteiger partial charge in [0.2, 0.25) is 0 Å². The quantitative estimate of drug-likeness (QED) is 0.726. The Hall–Kier alpha value is -1.82. The van der Waals surface area contributed by atoms with E-state index in [-0.39, 0.29) is 16.9 Å². The lowest BCUT2D eigenvalue weighted by atomic mass is 9.94. The molecule has 1 aliphatic rings. The summed E-state index contributed by atoms with van der Waals surface area (Å²) in [6.45, 7) is 2.84. The first kappa shape index (κ1) is 15.6. The van der Waals surface area contributed by atoms with E-state index in [1.807, 2.05) is 0 Å². The number of nitrogens with one attached hydrogen (secondary N) is 1. The Kier molecular flexibility index (Phi) is 5.01. The van der Waals surface area contributed by atoms with E-state index < -0.39 is 11.8 Å². The molecule has 0 unspecified atom stereocenters. The summed E-state index contributed by atoms with van der Waals surface area (Å²) in [6.07, 6.45) is 3.27. The molecule has 116 valence electrons. The van der Waals surface area contributed by atoms with E-state index in [2.05, 4.69) is 17.3 Å². The zero-order valence-corrected chi connectivity index (χ0v) is 12.2. The summed E-state index contributed by atoms with van der Waals surface area (Å²) in [5.74, 6) is -1.02. The van der Waals surface area contributed by atoms with Crippen LogP contribution in [-0.2, 0) is 0 Å². The molecule has 5 nitrogen and oxygen atoms in total. The first-order valence-corrected chi connectivity index (χ1v) is 7.22. The Balaban J connectivity index is 1.91. The van der Waals surface area contributed by atoms with Crippen LogP contribution < -0.4 is 11.1 Å². The van der Waals surface area contributed by atoms with Crippen LogP contribution in [0.15, 0.2) is 12.1 Å². The number of aromatic carboxylic acids is 1. The monoisotopic (exact) mass is 295 g/mol. The van der Waals surface area contributed by atoms with Gasteiger partial charge in [0, 0.05) is 12.2 Å². The van der Waals surface area contributed by atoms with Gasteiger partial charge >= 0.3 is 5.97 Å². The van der Waals surface area contributed by atoms with Gasteiger partial charge in [0.05, 0.1) is 11.3 Å². The van der Waals surface area contributed by atoms with Crippen LogP contribution in [0.25, 0.3) is 0 Å². The van der Waals surface area contributed by atoms with E-state index in [0.29, 0.717) is 12.5 Å². The highest BCUT2D eigenvalue weighted by Crippen LogP contribution is 2.24. The minimum absolute atomic E-state index is 0.0548. The predicted molar refractivity (Wildman–Crippen MR) is 81.1 cm³/mol. The number of carboxylic acid groups (broad SMARTS) is 1. The van der Waals surface area contributed by atoms with Crippen LogP contribution >= 0.6 is 0 Å². The third-order valence-electron chi connectivity index (χ3n) is 4.08. The number of carbonyl (C=O) groups is 1. The Bertz CT molecular complexity index is 514. The number of halogens is 1. The highest BCUT2D eigenvalue weighted by molar-refractivity contribution is 5.94. The smallest absolute Gasteiger partial charge is 0.337 e. The number of carboxylic acids is 1. The maximum absolute atomic E-state index is 13.8. The molecule has 1 aromatic carbocycles. The fraction of sp³-hybridized carbons (Fsp3) is 0.533. The van der Waals surface area contributed by atoms with Gasteiger partial charge in [-0.1, -0.05) is 0 Å². The molecule has 1 fully saturated rings. The molecule has 4 N–H and O–H groups in total. The molecule has 0 aliphatic carbocycles. The molecule has 1 aromatic rings. The average Bonchev–Trinajstić information content (AvgIpc) is 2.43. The summed E-state index contributed by atoms with van der Waals surface area (Å²) in [4.78, 5) is 13.3. The normalized spacial score (nSPS) is 16.9. The number of nitrogens with two attached hydrogens (primary N) is 1. The number of hydrogen-bond acceptors (Lipinski definition) is 4. The van der Waals surface area contributed by atoms with Crippen LogP contribution in [0.2, 0.25) is 0 Å². The maximum Gasteiger partial charge on any atom is 0.337 e. The zero-order chi connectivity index (χ0) is 15.4. The van der Waals surface area contributed by atoms with Crippen LogP contribution in [-0.4, -0.2) is 42.7 Å². The maximum atomic E-state index is 13.8. The minimum Gasteiger partial charge on any atom is -0.478 e. The number of benzene rings is 1. The highest BCUT2D eigenvalue weighted by atomic mass is 19.1. The molecular weight excluding hydrogens is 273 g/mol. The molecule has 0 amide bonds. The van der Waals surface area contributed by atoms with Crippen molar-refractivity contribution in [3.8, 4) is 0 Å². The molecule has 6 heteroatoms. The van der Waals surface area contributed by atoms with Crippen LogP contribution in [0.1, 0.15) is 29.6 Å². The number of anilines is 2. The van der Waals surface area contributed by atoms with Crippen molar-refractivity contribution in [2.24, 2.45) is 5.92 Å². The Morgan fingerprint density at radius 3 is 2.76 bits per heavy atom. The van der Waals surface area contributed by atoms with Crippen LogP contribution in [0.3, 0.4) is 0 Å². The average molecular weight is 295 g/mol. The Morgan fingerprint density at radius 1 is 1.48 bits per heavy atom. The molecule has 1 aliphatic heterocycles. The van der Waals surface area contributed by atoms with Crippen molar-refractivity contribution in [3.05, 3.63) is 23.5 Å². The highest BCUT2D eigenvalue weighted by Gasteiger charge is 2.17. The van der Waals surface area contributed by atoms with E-state index >= 15 is 0 Å². The van der Waals surface area contributed by atoms with Crippen LogP contribution in [0, 0.1) is 11.7 Å². The molecule has 0 aromatic heterocycles. The third-order valence-corrected chi connectivity index (χ3v) is 4.08. The molecule has 0 radical (unpaired) electrons. The van der Waals surface area contributed by atoms with Crippen LogP contribution in [0.5, 0.6) is 0 Å². The first-order valence-electron chi connectivity index (χ1n) is 7.22. The van der Waals surface area contributed by atoms with E-state index in [0.717, 1.165) is 38.4 Å². The molecule has 0 spiro atoms. The largest absolute Gasteiger partial charge is 0.478 e. The van der Waals surface area contributed by atoms with Crippen molar-refractivity contribution in [2.45, 2.75) is 19.3 Å². The Labute approximate surface area is 123 Å². The summed E-state index contributed by atoms with van der Waals surface area (Å²) in [5.41, 5.74) is 5.57. The van der Waals surface area contributed by atoms with Crippen molar-refractivity contribution in [2.75, 3.05) is 37.7 Å². The third kappa shape index (κ3) is 4.07. The molecule has 1 saturated heterocycles. The molecule has 0 atom stereocenters. The van der Waals surface area contributed by atoms with Gasteiger partial charge in [0.15, 0.2) is 0 Å². The van der Waals surface area contributed by atoms with Crippen LogP contribution in [0.4, 0.5) is 15.8 Å². The number of nitrogens with zero attached hydrogens (tertiary/aromatic N) is 1. The lowest BCUT2D eigenvalue weighted by Crippen LogP contribution is -2.30. The number of rotatable bonds is 5. The molecule has 21 heavy (non-hydrogen) atoms.